The van der Waals surface area contributed by atoms with Gasteiger partial charge in [0.15, 0.2) is 0 Å². The van der Waals surface area contributed by atoms with Crippen molar-refractivity contribution >= 4 is 17.8 Å². The topological polar surface area (TPSA) is 74.7 Å². The van der Waals surface area contributed by atoms with Crippen LogP contribution in [-0.2, 0) is 19.8 Å². The third kappa shape index (κ3) is 2.69. The second kappa shape index (κ2) is 6.09. The maximum atomic E-state index is 13.1. The highest BCUT2D eigenvalue weighted by Gasteiger charge is 2.57. The molecule has 2 fully saturated rings. The Bertz CT molecular complexity index is 871. The Hall–Kier alpha value is -2.95. The van der Waals surface area contributed by atoms with E-state index in [-0.39, 0.29) is 30.7 Å². The fourth-order valence-electron chi connectivity index (χ4n) is 3.80. The Morgan fingerprint density at radius 1 is 1.00 bits per heavy atom. The zero-order chi connectivity index (χ0) is 18.3. The lowest BCUT2D eigenvalue weighted by Crippen LogP contribution is -2.41. The summed E-state index contributed by atoms with van der Waals surface area (Å²) in [7, 11) is 0. The van der Waals surface area contributed by atoms with Gasteiger partial charge in [-0.25, -0.2) is 0 Å². The highest BCUT2D eigenvalue weighted by atomic mass is 16.4. The number of likely N-dealkylation sites (tertiary alicyclic amines) is 1. The minimum Gasteiger partial charge on any atom is -0.481 e. The van der Waals surface area contributed by atoms with Crippen molar-refractivity contribution < 1.29 is 19.5 Å². The van der Waals surface area contributed by atoms with Crippen molar-refractivity contribution in [1.29, 1.82) is 0 Å². The maximum absolute atomic E-state index is 13.1. The number of carbonyl (C=O) groups is 3. The van der Waals surface area contributed by atoms with Crippen LogP contribution in [0.25, 0.3) is 11.1 Å². The van der Waals surface area contributed by atoms with Gasteiger partial charge < -0.3 is 5.11 Å². The highest BCUT2D eigenvalue weighted by Crippen LogP contribution is 2.44. The van der Waals surface area contributed by atoms with E-state index in [2.05, 4.69) is 0 Å². The lowest BCUT2D eigenvalue weighted by Gasteiger charge is -2.26. The summed E-state index contributed by atoms with van der Waals surface area (Å²) in [4.78, 5) is 38.3. The fourth-order valence-corrected chi connectivity index (χ4v) is 3.80. The van der Waals surface area contributed by atoms with E-state index in [4.69, 9.17) is 0 Å². The van der Waals surface area contributed by atoms with Crippen LogP contribution in [0.5, 0.6) is 0 Å². The summed E-state index contributed by atoms with van der Waals surface area (Å²) in [6, 6.07) is 17.1. The second-order valence-corrected chi connectivity index (χ2v) is 7.07. The molecule has 2 amide bonds. The molecule has 0 radical (unpaired) electrons. The van der Waals surface area contributed by atoms with Crippen LogP contribution >= 0.6 is 0 Å². The van der Waals surface area contributed by atoms with E-state index in [0.29, 0.717) is 5.56 Å². The number of rotatable bonds is 5. The van der Waals surface area contributed by atoms with E-state index < -0.39 is 11.4 Å². The van der Waals surface area contributed by atoms with Gasteiger partial charge in [-0.2, -0.15) is 0 Å². The minimum absolute atomic E-state index is 0.0470. The number of hydrogen-bond donors (Lipinski definition) is 1. The van der Waals surface area contributed by atoms with Gasteiger partial charge >= 0.3 is 5.97 Å². The maximum Gasteiger partial charge on any atom is 0.304 e. The molecule has 0 spiro atoms. The number of benzene rings is 2. The quantitative estimate of drug-likeness (QED) is 0.842. The number of carboxylic acids is 1. The molecule has 5 nitrogen and oxygen atoms in total. The number of carbonyl (C=O) groups excluding carboxylic acids is 2. The highest BCUT2D eigenvalue weighted by molar-refractivity contribution is 6.11. The van der Waals surface area contributed by atoms with Crippen LogP contribution < -0.4 is 0 Å². The van der Waals surface area contributed by atoms with Gasteiger partial charge in [0.1, 0.15) is 0 Å². The van der Waals surface area contributed by atoms with E-state index in [1.807, 2.05) is 42.5 Å². The molecule has 1 unspecified atom stereocenters. The van der Waals surface area contributed by atoms with Crippen molar-refractivity contribution in [1.82, 2.24) is 4.90 Å². The normalized spacial score (nSPS) is 22.7. The van der Waals surface area contributed by atoms with Gasteiger partial charge in [-0.3, -0.25) is 19.3 Å². The molecular weight excluding hydrogens is 330 g/mol. The molecule has 1 heterocycles. The van der Waals surface area contributed by atoms with Crippen LogP contribution in [0.2, 0.25) is 0 Å². The molecule has 2 aromatic rings. The van der Waals surface area contributed by atoms with Crippen LogP contribution in [0, 0.1) is 0 Å². The van der Waals surface area contributed by atoms with Crippen molar-refractivity contribution in [2.75, 3.05) is 0 Å². The number of hydrogen-bond acceptors (Lipinski definition) is 3. The smallest absolute Gasteiger partial charge is 0.304 e. The summed E-state index contributed by atoms with van der Waals surface area (Å²) in [6.07, 6.45) is 1.19. The summed E-state index contributed by atoms with van der Waals surface area (Å²) in [5.41, 5.74) is 1.33. The van der Waals surface area contributed by atoms with Crippen molar-refractivity contribution in [3.05, 3.63) is 60.2 Å². The zero-order valence-corrected chi connectivity index (χ0v) is 14.2. The average molecular weight is 349 g/mol. The zero-order valence-electron chi connectivity index (χ0n) is 14.2. The van der Waals surface area contributed by atoms with Crippen LogP contribution in [0.1, 0.15) is 31.2 Å². The predicted molar refractivity (Wildman–Crippen MR) is 95.3 cm³/mol. The van der Waals surface area contributed by atoms with Crippen LogP contribution in [-0.4, -0.2) is 33.8 Å². The molecule has 1 aliphatic carbocycles. The first kappa shape index (κ1) is 16.5. The van der Waals surface area contributed by atoms with Gasteiger partial charge in [-0.1, -0.05) is 54.6 Å². The largest absolute Gasteiger partial charge is 0.481 e. The number of carboxylic acid groups (broad SMARTS) is 1. The van der Waals surface area contributed by atoms with E-state index >= 15 is 0 Å². The monoisotopic (exact) mass is 349 g/mol. The molecule has 1 N–H and O–H groups in total. The lowest BCUT2D eigenvalue weighted by molar-refractivity contribution is -0.145. The molecule has 132 valence electrons. The molecule has 1 atom stereocenters. The molecule has 0 bridgehead atoms. The van der Waals surface area contributed by atoms with Gasteiger partial charge in [0.25, 0.3) is 0 Å². The molecule has 1 aliphatic heterocycles. The molecule has 2 aliphatic rings. The first-order valence-corrected chi connectivity index (χ1v) is 8.75. The summed E-state index contributed by atoms with van der Waals surface area (Å²) in [5, 5.41) is 9.40. The predicted octanol–water partition coefficient (Wildman–Crippen LogP) is 2.99. The Balaban J connectivity index is 1.72. The summed E-state index contributed by atoms with van der Waals surface area (Å²) >= 11 is 0. The van der Waals surface area contributed by atoms with Crippen LogP contribution in [0.3, 0.4) is 0 Å². The Kier molecular flexibility index (Phi) is 3.87. The molecular formula is C21H19NO4. The molecule has 4 rings (SSSR count). The third-order valence-electron chi connectivity index (χ3n) is 5.26. The number of amides is 2. The summed E-state index contributed by atoms with van der Waals surface area (Å²) in [6.45, 7) is 0. The van der Waals surface area contributed by atoms with Gasteiger partial charge in [0.2, 0.25) is 11.8 Å². The number of aliphatic carboxylic acids is 1. The van der Waals surface area contributed by atoms with Gasteiger partial charge in [0.05, 0.1) is 11.8 Å². The molecule has 1 saturated carbocycles. The van der Waals surface area contributed by atoms with E-state index in [1.165, 1.54) is 4.90 Å². The number of nitrogens with zero attached hydrogens (tertiary/aromatic N) is 1. The lowest BCUT2D eigenvalue weighted by atomic mass is 9.75. The average Bonchev–Trinajstić information content (AvgIpc) is 3.43. The van der Waals surface area contributed by atoms with Crippen molar-refractivity contribution in [3.63, 3.8) is 0 Å². The summed E-state index contributed by atoms with van der Waals surface area (Å²) in [5.74, 6) is -1.69. The standard InChI is InChI=1S/C21H19NO4/c23-18-12-21(13-19(24)25,20(26)22(18)17-10-11-17)16-8-6-15(7-9-16)14-4-2-1-3-5-14/h1-9,17H,10-13H2,(H,24,25). The third-order valence-corrected chi connectivity index (χ3v) is 5.26. The first-order valence-electron chi connectivity index (χ1n) is 8.75. The molecule has 26 heavy (non-hydrogen) atoms. The van der Waals surface area contributed by atoms with Gasteiger partial charge in [-0.05, 0) is 29.5 Å². The molecule has 1 saturated heterocycles. The molecule has 5 heteroatoms. The fraction of sp³-hybridized carbons (Fsp3) is 0.286. The Morgan fingerprint density at radius 2 is 1.62 bits per heavy atom. The number of imide groups is 1. The first-order chi connectivity index (χ1) is 12.5. The van der Waals surface area contributed by atoms with Crippen molar-refractivity contribution in [2.45, 2.75) is 37.1 Å². The molecule has 0 aromatic heterocycles. The van der Waals surface area contributed by atoms with Crippen LogP contribution in [0.15, 0.2) is 54.6 Å². The summed E-state index contributed by atoms with van der Waals surface area (Å²) < 4.78 is 0. The second-order valence-electron chi connectivity index (χ2n) is 7.07. The van der Waals surface area contributed by atoms with E-state index in [1.54, 1.807) is 12.1 Å². The van der Waals surface area contributed by atoms with Crippen molar-refractivity contribution in [3.8, 4) is 11.1 Å². The van der Waals surface area contributed by atoms with Crippen molar-refractivity contribution in [2.24, 2.45) is 0 Å². The Labute approximate surface area is 151 Å². The Morgan fingerprint density at radius 3 is 2.19 bits per heavy atom. The molecule has 2 aromatic carbocycles. The minimum atomic E-state index is -1.29. The van der Waals surface area contributed by atoms with Gasteiger partial charge in [-0.15, -0.1) is 0 Å². The van der Waals surface area contributed by atoms with E-state index in [0.717, 1.165) is 24.0 Å². The van der Waals surface area contributed by atoms with E-state index in [9.17, 15) is 19.5 Å². The van der Waals surface area contributed by atoms with Crippen LogP contribution in [0.4, 0.5) is 0 Å². The van der Waals surface area contributed by atoms with Gasteiger partial charge in [0, 0.05) is 12.5 Å². The SMILES string of the molecule is O=C(O)CC1(c2ccc(-c3ccccc3)cc2)CC(=O)N(C2CC2)C1=O.